The molecule has 0 bridgehead atoms. The fourth-order valence-corrected chi connectivity index (χ4v) is 1.77. The van der Waals surface area contributed by atoms with Crippen molar-refractivity contribution in [3.05, 3.63) is 11.4 Å². The zero-order valence-corrected chi connectivity index (χ0v) is 11.7. The first-order valence-corrected chi connectivity index (χ1v) is 6.08. The number of aryl methyl sites for hydroxylation is 1. The molecule has 0 radical (unpaired) electrons. The number of esters is 1. The van der Waals surface area contributed by atoms with Crippen molar-refractivity contribution in [2.24, 2.45) is 5.92 Å². The molecule has 0 aliphatic carbocycles. The lowest BCUT2D eigenvalue weighted by molar-refractivity contribution is -0.145. The van der Waals surface area contributed by atoms with E-state index in [1.54, 1.807) is 14.0 Å². The van der Waals surface area contributed by atoms with Crippen LogP contribution in [0.1, 0.15) is 30.0 Å². The summed E-state index contributed by atoms with van der Waals surface area (Å²) in [4.78, 5) is 24.9. The van der Waals surface area contributed by atoms with Crippen LogP contribution in [0.4, 0.5) is 5.69 Å². The zero-order chi connectivity index (χ0) is 14.6. The van der Waals surface area contributed by atoms with E-state index in [0.717, 1.165) is 5.69 Å². The number of aromatic nitrogens is 2. The minimum absolute atomic E-state index is 0.191. The molecule has 0 aromatic carbocycles. The molecule has 0 fully saturated rings. The van der Waals surface area contributed by atoms with Gasteiger partial charge in [0.25, 0.3) is 5.91 Å². The van der Waals surface area contributed by atoms with Gasteiger partial charge in [-0.1, -0.05) is 13.8 Å². The second-order valence-electron chi connectivity index (χ2n) is 4.43. The number of nitrogens with one attached hydrogen (secondary N) is 1. The van der Waals surface area contributed by atoms with Crippen LogP contribution in [0, 0.1) is 5.92 Å². The lowest BCUT2D eigenvalue weighted by Gasteiger charge is -2.19. The SMILES string of the molecule is CCc1[nH]nc(C(=O)N(C)CC(C)C(=O)OC)c1N. The average molecular weight is 268 g/mol. The lowest BCUT2D eigenvalue weighted by Crippen LogP contribution is -2.34. The van der Waals surface area contributed by atoms with Crippen molar-refractivity contribution >= 4 is 17.6 Å². The number of ether oxygens (including phenoxy) is 1. The number of H-pyrrole nitrogens is 1. The minimum Gasteiger partial charge on any atom is -0.469 e. The van der Waals surface area contributed by atoms with Crippen LogP contribution < -0.4 is 5.73 Å². The number of carbonyl (C=O) groups excluding carboxylic acids is 2. The number of hydrogen-bond acceptors (Lipinski definition) is 5. The lowest BCUT2D eigenvalue weighted by atomic mass is 10.1. The third-order valence-corrected chi connectivity index (χ3v) is 2.94. The van der Waals surface area contributed by atoms with Crippen LogP contribution in [-0.2, 0) is 16.0 Å². The molecule has 1 rings (SSSR count). The van der Waals surface area contributed by atoms with E-state index < -0.39 is 5.92 Å². The summed E-state index contributed by atoms with van der Waals surface area (Å²) in [7, 11) is 2.92. The Balaban J connectivity index is 2.76. The minimum atomic E-state index is -0.398. The third kappa shape index (κ3) is 3.24. The molecule has 1 aromatic heterocycles. The number of anilines is 1. The standard InChI is InChI=1S/C12H20N4O3/c1-5-8-9(13)10(15-14-8)11(17)16(3)6-7(2)12(18)19-4/h7H,5-6,13H2,1-4H3,(H,14,15). The number of amides is 1. The number of nitrogens with two attached hydrogens (primary N) is 1. The number of hydrogen-bond donors (Lipinski definition) is 2. The molecule has 1 heterocycles. The number of aromatic amines is 1. The van der Waals surface area contributed by atoms with Crippen LogP contribution >= 0.6 is 0 Å². The van der Waals surface area contributed by atoms with Crippen LogP contribution in [-0.4, -0.2) is 47.7 Å². The summed E-state index contributed by atoms with van der Waals surface area (Å²) in [6, 6.07) is 0. The summed E-state index contributed by atoms with van der Waals surface area (Å²) in [6.45, 7) is 3.86. The van der Waals surface area contributed by atoms with Crippen LogP contribution in [0.2, 0.25) is 0 Å². The van der Waals surface area contributed by atoms with Crippen LogP contribution in [0.25, 0.3) is 0 Å². The maximum absolute atomic E-state index is 12.2. The molecule has 0 aliphatic heterocycles. The van der Waals surface area contributed by atoms with Crippen LogP contribution in [0.5, 0.6) is 0 Å². The fourth-order valence-electron chi connectivity index (χ4n) is 1.77. The molecule has 1 amide bonds. The van der Waals surface area contributed by atoms with Gasteiger partial charge in [0.05, 0.1) is 24.4 Å². The Morgan fingerprint density at radius 1 is 1.53 bits per heavy atom. The number of nitrogens with zero attached hydrogens (tertiary/aromatic N) is 2. The van der Waals surface area contributed by atoms with E-state index in [1.165, 1.54) is 12.0 Å². The Morgan fingerprint density at radius 2 is 2.16 bits per heavy atom. The maximum atomic E-state index is 12.2. The Bertz CT molecular complexity index is 470. The molecular formula is C12H20N4O3. The fraction of sp³-hybridized carbons (Fsp3) is 0.583. The van der Waals surface area contributed by atoms with Gasteiger partial charge in [-0.25, -0.2) is 0 Å². The third-order valence-electron chi connectivity index (χ3n) is 2.94. The molecule has 7 nitrogen and oxygen atoms in total. The molecular weight excluding hydrogens is 248 g/mol. The summed E-state index contributed by atoms with van der Waals surface area (Å²) < 4.78 is 4.62. The van der Waals surface area contributed by atoms with Gasteiger partial charge in [-0.3, -0.25) is 14.7 Å². The van der Waals surface area contributed by atoms with Crippen molar-refractivity contribution in [2.45, 2.75) is 20.3 Å². The smallest absolute Gasteiger partial charge is 0.310 e. The largest absolute Gasteiger partial charge is 0.469 e. The first-order valence-electron chi connectivity index (χ1n) is 6.08. The van der Waals surface area contributed by atoms with E-state index in [2.05, 4.69) is 14.9 Å². The molecule has 3 N–H and O–H groups in total. The van der Waals surface area contributed by atoms with Crippen LogP contribution in [0.15, 0.2) is 0 Å². The zero-order valence-electron chi connectivity index (χ0n) is 11.7. The van der Waals surface area contributed by atoms with E-state index in [9.17, 15) is 9.59 Å². The molecule has 0 spiro atoms. The number of methoxy groups -OCH3 is 1. The van der Waals surface area contributed by atoms with Gasteiger partial charge in [-0.15, -0.1) is 0 Å². The molecule has 0 saturated carbocycles. The van der Waals surface area contributed by atoms with Gasteiger partial charge in [0.15, 0.2) is 5.69 Å². The van der Waals surface area contributed by atoms with Crippen molar-refractivity contribution in [1.29, 1.82) is 0 Å². The van der Waals surface area contributed by atoms with E-state index in [1.807, 2.05) is 6.92 Å². The highest BCUT2D eigenvalue weighted by Crippen LogP contribution is 2.16. The Hall–Kier alpha value is -2.05. The van der Waals surface area contributed by atoms with E-state index in [-0.39, 0.29) is 24.1 Å². The monoisotopic (exact) mass is 268 g/mol. The summed E-state index contributed by atoms with van der Waals surface area (Å²) in [5.41, 5.74) is 7.13. The number of rotatable bonds is 5. The van der Waals surface area contributed by atoms with Gasteiger partial charge in [0, 0.05) is 13.6 Å². The Labute approximate surface area is 112 Å². The van der Waals surface area contributed by atoms with Crippen molar-refractivity contribution in [2.75, 3.05) is 26.4 Å². The van der Waals surface area contributed by atoms with Gasteiger partial charge < -0.3 is 15.4 Å². The number of carbonyl (C=O) groups is 2. The molecule has 19 heavy (non-hydrogen) atoms. The molecule has 0 saturated heterocycles. The Kier molecular flexibility index (Phi) is 4.91. The van der Waals surface area contributed by atoms with Crippen molar-refractivity contribution < 1.29 is 14.3 Å². The summed E-state index contributed by atoms with van der Waals surface area (Å²) in [5.74, 6) is -1.07. The molecule has 106 valence electrons. The second kappa shape index (κ2) is 6.21. The van der Waals surface area contributed by atoms with Gasteiger partial charge in [0.1, 0.15) is 0 Å². The highest BCUT2D eigenvalue weighted by molar-refractivity contribution is 5.97. The Morgan fingerprint density at radius 3 is 2.63 bits per heavy atom. The summed E-state index contributed by atoms with van der Waals surface area (Å²) in [6.07, 6.45) is 0.675. The highest BCUT2D eigenvalue weighted by atomic mass is 16.5. The maximum Gasteiger partial charge on any atom is 0.310 e. The van der Waals surface area contributed by atoms with E-state index in [4.69, 9.17) is 5.73 Å². The van der Waals surface area contributed by atoms with Crippen molar-refractivity contribution in [3.63, 3.8) is 0 Å². The first-order chi connectivity index (χ1) is 8.92. The van der Waals surface area contributed by atoms with Gasteiger partial charge in [0.2, 0.25) is 0 Å². The van der Waals surface area contributed by atoms with Gasteiger partial charge >= 0.3 is 5.97 Å². The normalized spacial score (nSPS) is 12.0. The second-order valence-corrected chi connectivity index (χ2v) is 4.43. The molecule has 1 atom stereocenters. The highest BCUT2D eigenvalue weighted by Gasteiger charge is 2.23. The summed E-state index contributed by atoms with van der Waals surface area (Å²) in [5, 5.41) is 6.66. The van der Waals surface area contributed by atoms with Crippen molar-refractivity contribution in [3.8, 4) is 0 Å². The van der Waals surface area contributed by atoms with Crippen LogP contribution in [0.3, 0.4) is 0 Å². The van der Waals surface area contributed by atoms with Gasteiger partial charge in [-0.05, 0) is 6.42 Å². The predicted octanol–water partition coefficient (Wildman–Crippen LogP) is 0.435. The first kappa shape index (κ1) is 15.0. The quantitative estimate of drug-likeness (QED) is 0.754. The molecule has 1 unspecified atom stereocenters. The van der Waals surface area contributed by atoms with Gasteiger partial charge in [-0.2, -0.15) is 5.10 Å². The summed E-state index contributed by atoms with van der Waals surface area (Å²) >= 11 is 0. The molecule has 7 heteroatoms. The predicted molar refractivity (Wildman–Crippen MR) is 70.5 cm³/mol. The molecule has 1 aromatic rings. The number of nitrogen functional groups attached to an aromatic ring is 1. The van der Waals surface area contributed by atoms with E-state index >= 15 is 0 Å². The average Bonchev–Trinajstić information content (AvgIpc) is 2.77. The topological polar surface area (TPSA) is 101 Å². The molecule has 0 aliphatic rings. The van der Waals surface area contributed by atoms with Crippen molar-refractivity contribution in [1.82, 2.24) is 15.1 Å². The van der Waals surface area contributed by atoms with E-state index in [0.29, 0.717) is 12.1 Å².